The Hall–Kier alpha value is -4.10. The first-order valence-electron chi connectivity index (χ1n) is 12.9. The molecule has 0 bridgehead atoms. The van der Waals surface area contributed by atoms with E-state index in [-0.39, 0.29) is 29.9 Å². The number of aliphatic hydroxyl groups is 1. The van der Waals surface area contributed by atoms with E-state index < -0.39 is 17.7 Å². The Balaban J connectivity index is 1.76. The van der Waals surface area contributed by atoms with Gasteiger partial charge in [0.2, 0.25) is 0 Å². The molecule has 1 aliphatic rings. The van der Waals surface area contributed by atoms with Crippen LogP contribution in [0.3, 0.4) is 0 Å². The summed E-state index contributed by atoms with van der Waals surface area (Å²) in [5.41, 5.74) is 2.84. The Morgan fingerprint density at radius 3 is 2.26 bits per heavy atom. The second-order valence-electron chi connectivity index (χ2n) is 10.5. The maximum Gasteiger partial charge on any atom is 0.295 e. The van der Waals surface area contributed by atoms with Crippen LogP contribution in [0.4, 0.5) is 0 Å². The van der Waals surface area contributed by atoms with Crippen LogP contribution in [0.15, 0.2) is 78.4 Å². The number of Topliss-reactive ketones (excluding diaryl/α,β-unsaturated/α-hetero) is 1. The SMILES string of the molecule is COCCN1C(=O)C(=O)/C(=C(/O)c2cc(C(C)(C)C)ccc2OC)C1c1ccc(OCc2ccccc2)cc1. The maximum atomic E-state index is 13.4. The van der Waals surface area contributed by atoms with E-state index in [1.54, 1.807) is 18.2 Å². The third kappa shape index (κ3) is 5.99. The first kappa shape index (κ1) is 27.9. The zero-order chi connectivity index (χ0) is 28.2. The van der Waals surface area contributed by atoms with Crippen LogP contribution >= 0.6 is 0 Å². The number of nitrogens with zero attached hydrogens (tertiary/aromatic N) is 1. The average molecular weight is 530 g/mol. The minimum Gasteiger partial charge on any atom is -0.507 e. The van der Waals surface area contributed by atoms with E-state index in [1.807, 2.05) is 54.6 Å². The first-order chi connectivity index (χ1) is 18.7. The predicted octanol–water partition coefficient (Wildman–Crippen LogP) is 5.64. The third-order valence-corrected chi connectivity index (χ3v) is 6.84. The highest BCUT2D eigenvalue weighted by molar-refractivity contribution is 6.46. The van der Waals surface area contributed by atoms with Crippen molar-refractivity contribution in [3.05, 3.63) is 101 Å². The molecule has 7 nitrogen and oxygen atoms in total. The summed E-state index contributed by atoms with van der Waals surface area (Å²) >= 11 is 0. The summed E-state index contributed by atoms with van der Waals surface area (Å²) in [5, 5.41) is 11.6. The van der Waals surface area contributed by atoms with Crippen molar-refractivity contribution in [3.63, 3.8) is 0 Å². The van der Waals surface area contributed by atoms with Crippen molar-refractivity contribution >= 4 is 17.4 Å². The first-order valence-corrected chi connectivity index (χ1v) is 12.9. The number of aliphatic hydroxyl groups excluding tert-OH is 1. The van der Waals surface area contributed by atoms with Gasteiger partial charge in [0.1, 0.15) is 23.9 Å². The van der Waals surface area contributed by atoms with Crippen molar-refractivity contribution in [1.82, 2.24) is 4.90 Å². The molecule has 39 heavy (non-hydrogen) atoms. The monoisotopic (exact) mass is 529 g/mol. The Labute approximate surface area is 229 Å². The number of ketones is 1. The number of ether oxygens (including phenoxy) is 3. The van der Waals surface area contributed by atoms with Crippen molar-refractivity contribution in [2.24, 2.45) is 0 Å². The van der Waals surface area contributed by atoms with E-state index in [9.17, 15) is 14.7 Å². The lowest BCUT2D eigenvalue weighted by molar-refractivity contribution is -0.140. The van der Waals surface area contributed by atoms with Gasteiger partial charge in [-0.1, -0.05) is 69.3 Å². The Kier molecular flexibility index (Phi) is 8.41. The molecule has 3 aromatic carbocycles. The molecule has 1 unspecified atom stereocenters. The minimum atomic E-state index is -0.800. The zero-order valence-corrected chi connectivity index (χ0v) is 23.1. The van der Waals surface area contributed by atoms with Gasteiger partial charge >= 0.3 is 0 Å². The van der Waals surface area contributed by atoms with Gasteiger partial charge in [0.15, 0.2) is 0 Å². The fourth-order valence-corrected chi connectivity index (χ4v) is 4.64. The summed E-state index contributed by atoms with van der Waals surface area (Å²) in [5.74, 6) is -0.649. The van der Waals surface area contributed by atoms with Gasteiger partial charge < -0.3 is 24.2 Å². The summed E-state index contributed by atoms with van der Waals surface area (Å²) in [6, 6.07) is 21.8. The molecule has 1 fully saturated rings. The van der Waals surface area contributed by atoms with Crippen LogP contribution in [0.5, 0.6) is 11.5 Å². The second-order valence-corrected chi connectivity index (χ2v) is 10.5. The van der Waals surface area contributed by atoms with Gasteiger partial charge in [-0.05, 0) is 46.4 Å². The minimum absolute atomic E-state index is 0.0124. The molecule has 1 heterocycles. The van der Waals surface area contributed by atoms with Crippen molar-refractivity contribution in [2.75, 3.05) is 27.4 Å². The van der Waals surface area contributed by atoms with Gasteiger partial charge in [-0.2, -0.15) is 0 Å². The highest BCUT2D eigenvalue weighted by Gasteiger charge is 2.46. The van der Waals surface area contributed by atoms with Crippen LogP contribution in [-0.2, 0) is 26.3 Å². The Morgan fingerprint density at radius 2 is 1.64 bits per heavy atom. The normalized spacial score (nSPS) is 16.9. The fourth-order valence-electron chi connectivity index (χ4n) is 4.64. The van der Waals surface area contributed by atoms with Crippen molar-refractivity contribution in [3.8, 4) is 11.5 Å². The van der Waals surface area contributed by atoms with Crippen molar-refractivity contribution in [1.29, 1.82) is 0 Å². The van der Waals surface area contributed by atoms with Crippen molar-refractivity contribution in [2.45, 2.75) is 38.8 Å². The number of hydrogen-bond donors (Lipinski definition) is 1. The van der Waals surface area contributed by atoms with Crippen LogP contribution in [0.25, 0.3) is 5.76 Å². The molecule has 1 amide bonds. The molecule has 1 aliphatic heterocycles. The van der Waals surface area contributed by atoms with Gasteiger partial charge in [0.25, 0.3) is 11.7 Å². The van der Waals surface area contributed by atoms with Crippen LogP contribution in [0.1, 0.15) is 49.1 Å². The molecule has 0 radical (unpaired) electrons. The van der Waals surface area contributed by atoms with E-state index in [1.165, 1.54) is 19.1 Å². The average Bonchev–Trinajstić information content (AvgIpc) is 3.19. The lowest BCUT2D eigenvalue weighted by Gasteiger charge is -2.26. The molecule has 4 rings (SSSR count). The lowest BCUT2D eigenvalue weighted by Crippen LogP contribution is -2.32. The summed E-state index contributed by atoms with van der Waals surface area (Å²) in [6.07, 6.45) is 0. The molecule has 0 saturated carbocycles. The van der Waals surface area contributed by atoms with Gasteiger partial charge in [0.05, 0.1) is 30.9 Å². The van der Waals surface area contributed by atoms with E-state index in [0.29, 0.717) is 29.2 Å². The van der Waals surface area contributed by atoms with Gasteiger partial charge in [-0.3, -0.25) is 9.59 Å². The molecule has 1 saturated heterocycles. The molecular formula is C32H35NO6. The molecule has 0 spiro atoms. The Morgan fingerprint density at radius 1 is 0.949 bits per heavy atom. The van der Waals surface area contributed by atoms with Crippen LogP contribution in [0, 0.1) is 0 Å². The van der Waals surface area contributed by atoms with Gasteiger partial charge in [0, 0.05) is 13.7 Å². The van der Waals surface area contributed by atoms with Gasteiger partial charge in [-0.15, -0.1) is 0 Å². The molecule has 1 atom stereocenters. The topological polar surface area (TPSA) is 85.3 Å². The summed E-state index contributed by atoms with van der Waals surface area (Å²) in [7, 11) is 3.04. The van der Waals surface area contributed by atoms with E-state index in [2.05, 4.69) is 20.8 Å². The van der Waals surface area contributed by atoms with Crippen LogP contribution in [0.2, 0.25) is 0 Å². The number of likely N-dealkylation sites (tertiary alicyclic amines) is 1. The lowest BCUT2D eigenvalue weighted by atomic mass is 9.85. The Bertz CT molecular complexity index is 1360. The second kappa shape index (κ2) is 11.7. The van der Waals surface area contributed by atoms with Crippen LogP contribution in [-0.4, -0.2) is 49.1 Å². The number of carbonyl (C=O) groups excluding carboxylic acids is 2. The number of methoxy groups -OCH3 is 2. The van der Waals surface area contributed by atoms with Crippen molar-refractivity contribution < 1.29 is 28.9 Å². The zero-order valence-electron chi connectivity index (χ0n) is 23.1. The fraction of sp³-hybridized carbons (Fsp3) is 0.312. The smallest absolute Gasteiger partial charge is 0.295 e. The van der Waals surface area contributed by atoms with Crippen LogP contribution < -0.4 is 9.47 Å². The van der Waals surface area contributed by atoms with E-state index in [0.717, 1.165) is 11.1 Å². The number of carbonyl (C=O) groups is 2. The number of rotatable bonds is 9. The van der Waals surface area contributed by atoms with E-state index in [4.69, 9.17) is 14.2 Å². The molecular weight excluding hydrogens is 494 g/mol. The molecule has 204 valence electrons. The maximum absolute atomic E-state index is 13.4. The summed E-state index contributed by atoms with van der Waals surface area (Å²) < 4.78 is 16.7. The quantitative estimate of drug-likeness (QED) is 0.219. The standard InChI is InChI=1S/C32H35NO6/c1-32(2,3)23-13-16-26(38-5)25(19-23)29(34)27-28(33(17-18-37-4)31(36)30(27)35)22-11-14-24(15-12-22)39-20-21-9-7-6-8-10-21/h6-16,19,28,34H,17-18,20H2,1-5H3/b29-27+. The summed E-state index contributed by atoms with van der Waals surface area (Å²) in [6.45, 7) is 7.02. The predicted molar refractivity (Wildman–Crippen MR) is 150 cm³/mol. The molecule has 0 aromatic heterocycles. The summed E-state index contributed by atoms with van der Waals surface area (Å²) in [4.78, 5) is 28.0. The molecule has 1 N–H and O–H groups in total. The highest BCUT2D eigenvalue weighted by atomic mass is 16.5. The number of amides is 1. The highest BCUT2D eigenvalue weighted by Crippen LogP contribution is 2.42. The molecule has 7 heteroatoms. The molecule has 3 aromatic rings. The third-order valence-electron chi connectivity index (χ3n) is 6.84. The van der Waals surface area contributed by atoms with E-state index >= 15 is 0 Å². The number of hydrogen-bond acceptors (Lipinski definition) is 6. The number of benzene rings is 3. The largest absolute Gasteiger partial charge is 0.507 e. The molecule has 0 aliphatic carbocycles. The van der Waals surface area contributed by atoms with Gasteiger partial charge in [-0.25, -0.2) is 0 Å².